The van der Waals surface area contributed by atoms with Gasteiger partial charge >= 0.3 is 6.09 Å². The number of likely N-dealkylation sites (tertiary alicyclic amines) is 1. The quantitative estimate of drug-likeness (QED) is 0.189. The highest BCUT2D eigenvalue weighted by Gasteiger charge is 2.44. The lowest BCUT2D eigenvalue weighted by Crippen LogP contribution is -2.46. The van der Waals surface area contributed by atoms with Gasteiger partial charge in [-0.1, -0.05) is 60.7 Å². The molecule has 43 heavy (non-hydrogen) atoms. The van der Waals surface area contributed by atoms with E-state index < -0.39 is 5.41 Å². The lowest BCUT2D eigenvalue weighted by atomic mass is 9.72. The van der Waals surface area contributed by atoms with Gasteiger partial charge in [0.05, 0.1) is 19.6 Å². The van der Waals surface area contributed by atoms with E-state index in [1.54, 1.807) is 19.1 Å². The van der Waals surface area contributed by atoms with Crippen LogP contribution in [0.2, 0.25) is 0 Å². The number of oxazole rings is 1. The predicted octanol–water partition coefficient (Wildman–Crippen LogP) is 7.74. The third-order valence-corrected chi connectivity index (χ3v) is 8.16. The van der Waals surface area contributed by atoms with Gasteiger partial charge in [-0.2, -0.15) is 0 Å². The van der Waals surface area contributed by atoms with Crippen LogP contribution >= 0.6 is 0 Å². The number of methoxy groups -OCH3 is 2. The van der Waals surface area contributed by atoms with Crippen molar-refractivity contribution in [1.29, 1.82) is 0 Å². The summed E-state index contributed by atoms with van der Waals surface area (Å²) >= 11 is 0. The molecule has 0 spiro atoms. The average Bonchev–Trinajstić information content (AvgIpc) is 3.54. The van der Waals surface area contributed by atoms with Crippen molar-refractivity contribution in [2.75, 3.05) is 27.3 Å². The molecule has 0 radical (unpaired) electrons. The van der Waals surface area contributed by atoms with Crippen LogP contribution in [0.5, 0.6) is 11.5 Å². The normalized spacial score (nSPS) is 14.2. The van der Waals surface area contributed by atoms with Gasteiger partial charge in [-0.3, -0.25) is 0 Å². The van der Waals surface area contributed by atoms with E-state index in [0.717, 1.165) is 39.4 Å². The van der Waals surface area contributed by atoms with Crippen molar-refractivity contribution in [3.05, 3.63) is 126 Å². The summed E-state index contributed by atoms with van der Waals surface area (Å²) in [6.45, 7) is 1.28. The van der Waals surface area contributed by atoms with Gasteiger partial charge in [-0.25, -0.2) is 9.78 Å². The Morgan fingerprint density at radius 3 is 1.91 bits per heavy atom. The van der Waals surface area contributed by atoms with Crippen LogP contribution in [-0.4, -0.2) is 43.3 Å². The molecule has 4 aromatic carbocycles. The minimum absolute atomic E-state index is 0.246. The van der Waals surface area contributed by atoms with Crippen molar-refractivity contribution >= 4 is 6.09 Å². The average molecular weight is 575 g/mol. The van der Waals surface area contributed by atoms with Crippen LogP contribution in [0.4, 0.5) is 4.79 Å². The fraction of sp³-hybridized carbons (Fsp3) is 0.222. The van der Waals surface area contributed by atoms with Crippen LogP contribution in [0.1, 0.15) is 29.9 Å². The molecule has 6 rings (SSSR count). The SMILES string of the molecule is COc1ccc(-c2nc(C3(c4ccccc4)CCN(C(=O)OCc4ccccc4)CC3)oc2-c2ccc(OC)cc2)cc1. The maximum Gasteiger partial charge on any atom is 0.410 e. The van der Waals surface area contributed by atoms with Crippen molar-refractivity contribution in [2.24, 2.45) is 0 Å². The Bertz CT molecular complexity index is 1580. The highest BCUT2D eigenvalue weighted by atomic mass is 16.6. The number of benzene rings is 4. The highest BCUT2D eigenvalue weighted by molar-refractivity contribution is 5.77. The molecule has 1 aliphatic rings. The lowest BCUT2D eigenvalue weighted by molar-refractivity contribution is 0.0785. The number of rotatable bonds is 8. The summed E-state index contributed by atoms with van der Waals surface area (Å²) in [5.41, 5.74) is 4.12. The second kappa shape index (κ2) is 12.4. The molecule has 1 amide bonds. The van der Waals surface area contributed by atoms with Crippen LogP contribution in [0, 0.1) is 0 Å². The van der Waals surface area contributed by atoms with E-state index in [1.165, 1.54) is 0 Å². The molecule has 1 fully saturated rings. The van der Waals surface area contributed by atoms with Gasteiger partial charge in [0.15, 0.2) is 5.76 Å². The van der Waals surface area contributed by atoms with E-state index >= 15 is 0 Å². The lowest BCUT2D eigenvalue weighted by Gasteiger charge is -2.39. The molecular weight excluding hydrogens is 540 g/mol. The number of aromatic nitrogens is 1. The molecule has 0 unspecified atom stereocenters. The molecule has 1 saturated heterocycles. The zero-order valence-corrected chi connectivity index (χ0v) is 24.4. The van der Waals surface area contributed by atoms with Gasteiger partial charge in [0.25, 0.3) is 0 Å². The molecule has 7 heteroatoms. The van der Waals surface area contributed by atoms with Gasteiger partial charge in [0.1, 0.15) is 23.8 Å². The summed E-state index contributed by atoms with van der Waals surface area (Å²) in [4.78, 5) is 20.0. The topological polar surface area (TPSA) is 74.0 Å². The molecule has 0 bridgehead atoms. The van der Waals surface area contributed by atoms with Gasteiger partial charge in [0.2, 0.25) is 5.89 Å². The number of carbonyl (C=O) groups excluding carboxylic acids is 1. The van der Waals surface area contributed by atoms with Crippen molar-refractivity contribution in [1.82, 2.24) is 9.88 Å². The first-order valence-electron chi connectivity index (χ1n) is 14.4. The molecule has 0 aliphatic carbocycles. The van der Waals surface area contributed by atoms with Crippen LogP contribution in [0.25, 0.3) is 22.6 Å². The first-order chi connectivity index (χ1) is 21.1. The molecule has 0 atom stereocenters. The van der Waals surface area contributed by atoms with E-state index in [-0.39, 0.29) is 12.7 Å². The van der Waals surface area contributed by atoms with E-state index in [1.807, 2.05) is 97.1 Å². The van der Waals surface area contributed by atoms with Gasteiger partial charge in [-0.05, 0) is 72.5 Å². The number of carbonyl (C=O) groups is 1. The molecule has 0 saturated carbocycles. The van der Waals surface area contributed by atoms with Crippen molar-refractivity contribution in [3.63, 3.8) is 0 Å². The summed E-state index contributed by atoms with van der Waals surface area (Å²) in [7, 11) is 3.30. The summed E-state index contributed by atoms with van der Waals surface area (Å²) < 4.78 is 23.2. The van der Waals surface area contributed by atoms with Crippen LogP contribution in [-0.2, 0) is 16.8 Å². The Kier molecular flexibility index (Phi) is 8.13. The molecule has 218 valence electrons. The Balaban J connectivity index is 1.35. The first-order valence-corrected chi connectivity index (χ1v) is 14.4. The Hall–Kier alpha value is -5.04. The van der Waals surface area contributed by atoms with Gasteiger partial charge < -0.3 is 23.5 Å². The molecular formula is C36H34N2O5. The number of amides is 1. The highest BCUT2D eigenvalue weighted by Crippen LogP contribution is 2.45. The van der Waals surface area contributed by atoms with E-state index in [9.17, 15) is 4.79 Å². The summed E-state index contributed by atoms with van der Waals surface area (Å²) in [6, 6.07) is 35.7. The van der Waals surface area contributed by atoms with E-state index in [0.29, 0.717) is 37.6 Å². The molecule has 1 aliphatic heterocycles. The van der Waals surface area contributed by atoms with Gasteiger partial charge in [-0.15, -0.1) is 0 Å². The fourth-order valence-corrected chi connectivity index (χ4v) is 5.67. The minimum Gasteiger partial charge on any atom is -0.497 e. The number of piperidine rings is 1. The predicted molar refractivity (Wildman–Crippen MR) is 165 cm³/mol. The molecule has 7 nitrogen and oxygen atoms in total. The third-order valence-electron chi connectivity index (χ3n) is 8.16. The van der Waals surface area contributed by atoms with Crippen molar-refractivity contribution in [3.8, 4) is 34.1 Å². The molecule has 1 aromatic heterocycles. The second-order valence-corrected chi connectivity index (χ2v) is 10.6. The maximum absolute atomic E-state index is 13.0. The monoisotopic (exact) mass is 574 g/mol. The van der Waals surface area contributed by atoms with Crippen molar-refractivity contribution in [2.45, 2.75) is 24.9 Å². The van der Waals surface area contributed by atoms with Crippen molar-refractivity contribution < 1.29 is 23.4 Å². The minimum atomic E-state index is -0.524. The smallest absolute Gasteiger partial charge is 0.410 e. The summed E-state index contributed by atoms with van der Waals surface area (Å²) in [5, 5.41) is 0. The Morgan fingerprint density at radius 2 is 1.33 bits per heavy atom. The Labute approximate surface area is 251 Å². The van der Waals surface area contributed by atoms with Crippen LogP contribution in [0.15, 0.2) is 114 Å². The van der Waals surface area contributed by atoms with E-state index in [2.05, 4.69) is 12.1 Å². The molecule has 0 N–H and O–H groups in total. The third kappa shape index (κ3) is 5.84. The summed E-state index contributed by atoms with van der Waals surface area (Å²) in [6.07, 6.45) is 0.972. The maximum atomic E-state index is 13.0. The largest absolute Gasteiger partial charge is 0.497 e. The number of ether oxygens (including phenoxy) is 3. The standard InChI is InChI=1S/C36H34N2O5/c1-40-30-17-13-27(14-18-30)32-33(28-15-19-31(41-2)20-16-28)43-34(37-32)36(29-11-7-4-8-12-29)21-23-38(24-22-36)35(39)42-25-26-9-5-3-6-10-26/h3-20H,21-25H2,1-2H3. The van der Waals surface area contributed by atoms with Crippen LogP contribution in [0.3, 0.4) is 0 Å². The number of hydrogen-bond acceptors (Lipinski definition) is 6. The number of hydrogen-bond donors (Lipinski definition) is 0. The fourth-order valence-electron chi connectivity index (χ4n) is 5.67. The molecule has 2 heterocycles. The zero-order valence-electron chi connectivity index (χ0n) is 24.4. The van der Waals surface area contributed by atoms with Crippen LogP contribution < -0.4 is 9.47 Å². The first kappa shape index (κ1) is 28.1. The second-order valence-electron chi connectivity index (χ2n) is 10.6. The zero-order chi connectivity index (χ0) is 29.6. The van der Waals surface area contributed by atoms with Gasteiger partial charge in [0, 0.05) is 24.2 Å². The summed E-state index contributed by atoms with van der Waals surface area (Å²) in [5.74, 6) is 2.85. The Morgan fingerprint density at radius 1 is 0.767 bits per heavy atom. The molecule has 5 aromatic rings. The number of nitrogens with zero attached hydrogens (tertiary/aromatic N) is 2. The van der Waals surface area contributed by atoms with E-state index in [4.69, 9.17) is 23.6 Å².